The van der Waals surface area contributed by atoms with Gasteiger partial charge in [-0.05, 0) is 43.7 Å². The zero-order valence-electron chi connectivity index (χ0n) is 11.4. The molecule has 104 valence electrons. The Morgan fingerprint density at radius 2 is 2.16 bits per heavy atom. The first kappa shape index (κ1) is 13.8. The van der Waals surface area contributed by atoms with Crippen LogP contribution < -0.4 is 15.5 Å². The number of carbonyl (C=O) groups is 1. The first-order chi connectivity index (χ1) is 9.08. The highest BCUT2D eigenvalue weighted by atomic mass is 19.1. The van der Waals surface area contributed by atoms with Crippen LogP contribution in [-0.2, 0) is 11.3 Å². The first-order valence-electron chi connectivity index (χ1n) is 6.53. The predicted octanol–water partition coefficient (Wildman–Crippen LogP) is 1.26. The molecule has 5 heteroatoms. The van der Waals surface area contributed by atoms with Gasteiger partial charge in [0.25, 0.3) is 0 Å². The van der Waals surface area contributed by atoms with Crippen molar-refractivity contribution >= 4 is 11.6 Å². The Kier molecular flexibility index (Phi) is 4.37. The Morgan fingerprint density at radius 3 is 2.79 bits per heavy atom. The SMILES string of the molecule is CNCc1cc(F)cc(N(C)CC(=O)NC2CC2)c1. The lowest BCUT2D eigenvalue weighted by Crippen LogP contribution is -2.36. The minimum atomic E-state index is -0.280. The van der Waals surface area contributed by atoms with Crippen molar-refractivity contribution in [1.29, 1.82) is 0 Å². The van der Waals surface area contributed by atoms with Crippen LogP contribution in [0.25, 0.3) is 0 Å². The number of benzene rings is 1. The Bertz CT molecular complexity index is 460. The molecule has 1 aromatic rings. The van der Waals surface area contributed by atoms with Crippen LogP contribution >= 0.6 is 0 Å². The van der Waals surface area contributed by atoms with Crippen molar-refractivity contribution in [3.05, 3.63) is 29.6 Å². The fraction of sp³-hybridized carbons (Fsp3) is 0.500. The summed E-state index contributed by atoms with van der Waals surface area (Å²) in [4.78, 5) is 13.5. The minimum Gasteiger partial charge on any atom is -0.365 e. The molecule has 0 unspecified atom stereocenters. The molecule has 0 aliphatic heterocycles. The second-order valence-corrected chi connectivity index (χ2v) is 5.05. The van der Waals surface area contributed by atoms with E-state index in [0.29, 0.717) is 12.6 Å². The minimum absolute atomic E-state index is 0.00979. The molecular formula is C14H20FN3O. The van der Waals surface area contributed by atoms with Crippen LogP contribution in [0.3, 0.4) is 0 Å². The molecule has 1 fully saturated rings. The molecule has 1 saturated carbocycles. The van der Waals surface area contributed by atoms with Gasteiger partial charge in [-0.3, -0.25) is 4.79 Å². The quantitative estimate of drug-likeness (QED) is 0.814. The molecule has 1 amide bonds. The third kappa shape index (κ3) is 4.21. The molecule has 1 aromatic carbocycles. The van der Waals surface area contributed by atoms with E-state index >= 15 is 0 Å². The van der Waals surface area contributed by atoms with Crippen LogP contribution in [-0.4, -0.2) is 32.6 Å². The smallest absolute Gasteiger partial charge is 0.239 e. The van der Waals surface area contributed by atoms with E-state index in [0.717, 1.165) is 24.1 Å². The molecule has 0 saturated heterocycles. The molecule has 0 aromatic heterocycles. The molecule has 0 radical (unpaired) electrons. The number of rotatable bonds is 6. The van der Waals surface area contributed by atoms with Crippen LogP contribution in [0.2, 0.25) is 0 Å². The first-order valence-corrected chi connectivity index (χ1v) is 6.53. The average Bonchev–Trinajstić information content (AvgIpc) is 3.12. The van der Waals surface area contributed by atoms with Gasteiger partial charge >= 0.3 is 0 Å². The van der Waals surface area contributed by atoms with E-state index in [1.807, 2.05) is 13.1 Å². The van der Waals surface area contributed by atoms with Crippen molar-refractivity contribution in [3.63, 3.8) is 0 Å². The van der Waals surface area contributed by atoms with Gasteiger partial charge < -0.3 is 15.5 Å². The summed E-state index contributed by atoms with van der Waals surface area (Å²) in [6.07, 6.45) is 2.14. The van der Waals surface area contributed by atoms with Crippen molar-refractivity contribution in [2.24, 2.45) is 0 Å². The zero-order chi connectivity index (χ0) is 13.8. The molecule has 0 atom stereocenters. The largest absolute Gasteiger partial charge is 0.365 e. The normalized spacial score (nSPS) is 14.3. The third-order valence-electron chi connectivity index (χ3n) is 3.09. The van der Waals surface area contributed by atoms with Crippen LogP contribution in [0.1, 0.15) is 18.4 Å². The van der Waals surface area contributed by atoms with E-state index in [9.17, 15) is 9.18 Å². The number of hydrogen-bond acceptors (Lipinski definition) is 3. The van der Waals surface area contributed by atoms with Gasteiger partial charge in [0, 0.05) is 25.3 Å². The second-order valence-electron chi connectivity index (χ2n) is 5.05. The summed E-state index contributed by atoms with van der Waals surface area (Å²) in [7, 11) is 3.61. The summed E-state index contributed by atoms with van der Waals surface area (Å²) in [5.41, 5.74) is 1.59. The van der Waals surface area contributed by atoms with E-state index in [1.165, 1.54) is 12.1 Å². The molecule has 19 heavy (non-hydrogen) atoms. The summed E-state index contributed by atoms with van der Waals surface area (Å²) in [6.45, 7) is 0.853. The highest BCUT2D eigenvalue weighted by Gasteiger charge is 2.23. The number of nitrogens with one attached hydrogen (secondary N) is 2. The Hall–Kier alpha value is -1.62. The Morgan fingerprint density at radius 1 is 1.42 bits per heavy atom. The number of amides is 1. The fourth-order valence-electron chi connectivity index (χ4n) is 1.97. The van der Waals surface area contributed by atoms with E-state index in [1.54, 1.807) is 11.9 Å². The second kappa shape index (κ2) is 6.02. The summed E-state index contributed by atoms with van der Waals surface area (Å²) in [6, 6.07) is 5.19. The van der Waals surface area contributed by atoms with Crippen LogP contribution in [0.4, 0.5) is 10.1 Å². The van der Waals surface area contributed by atoms with E-state index in [4.69, 9.17) is 0 Å². The van der Waals surface area contributed by atoms with Crippen molar-refractivity contribution < 1.29 is 9.18 Å². The van der Waals surface area contributed by atoms with Gasteiger partial charge in [-0.2, -0.15) is 0 Å². The summed E-state index contributed by atoms with van der Waals surface area (Å²) in [5, 5.41) is 5.91. The molecule has 0 heterocycles. The van der Waals surface area contributed by atoms with Gasteiger partial charge in [-0.25, -0.2) is 4.39 Å². The lowest BCUT2D eigenvalue weighted by Gasteiger charge is -2.19. The van der Waals surface area contributed by atoms with Gasteiger partial charge in [-0.15, -0.1) is 0 Å². The summed E-state index contributed by atoms with van der Waals surface area (Å²) < 4.78 is 13.5. The molecule has 2 N–H and O–H groups in total. The van der Waals surface area contributed by atoms with E-state index in [2.05, 4.69) is 10.6 Å². The van der Waals surface area contributed by atoms with E-state index < -0.39 is 0 Å². The highest BCUT2D eigenvalue weighted by Crippen LogP contribution is 2.20. The number of likely N-dealkylation sites (N-methyl/N-ethyl adjacent to an activating group) is 1. The zero-order valence-corrected chi connectivity index (χ0v) is 11.4. The monoisotopic (exact) mass is 265 g/mol. The van der Waals surface area contributed by atoms with Crippen LogP contribution in [0, 0.1) is 5.82 Å². The molecule has 0 spiro atoms. The van der Waals surface area contributed by atoms with Gasteiger partial charge in [0.05, 0.1) is 6.54 Å². The number of carbonyl (C=O) groups excluding carboxylic acids is 1. The maximum absolute atomic E-state index is 13.5. The lowest BCUT2D eigenvalue weighted by molar-refractivity contribution is -0.119. The summed E-state index contributed by atoms with van der Waals surface area (Å²) in [5.74, 6) is -0.290. The van der Waals surface area contributed by atoms with E-state index in [-0.39, 0.29) is 18.3 Å². The number of anilines is 1. The maximum Gasteiger partial charge on any atom is 0.239 e. The number of hydrogen-bond donors (Lipinski definition) is 2. The standard InChI is InChI=1S/C14H20FN3O/c1-16-8-10-5-11(15)7-13(6-10)18(2)9-14(19)17-12-3-4-12/h5-7,12,16H,3-4,8-9H2,1-2H3,(H,17,19). The van der Waals surface area contributed by atoms with Gasteiger partial charge in [0.1, 0.15) is 5.82 Å². The Balaban J connectivity index is 2.00. The lowest BCUT2D eigenvalue weighted by atomic mass is 10.2. The molecule has 4 nitrogen and oxygen atoms in total. The maximum atomic E-state index is 13.5. The molecule has 1 aliphatic rings. The molecule has 2 rings (SSSR count). The third-order valence-corrected chi connectivity index (χ3v) is 3.09. The van der Waals surface area contributed by atoms with Crippen molar-refractivity contribution in [1.82, 2.24) is 10.6 Å². The van der Waals surface area contributed by atoms with Crippen molar-refractivity contribution in [3.8, 4) is 0 Å². The molecule has 0 bridgehead atoms. The topological polar surface area (TPSA) is 44.4 Å². The molecular weight excluding hydrogens is 245 g/mol. The highest BCUT2D eigenvalue weighted by molar-refractivity contribution is 5.81. The number of halogens is 1. The van der Waals surface area contributed by atoms with Crippen molar-refractivity contribution in [2.75, 3.05) is 25.5 Å². The Labute approximate surface area is 113 Å². The summed E-state index contributed by atoms with van der Waals surface area (Å²) >= 11 is 0. The van der Waals surface area contributed by atoms with Crippen LogP contribution in [0.15, 0.2) is 18.2 Å². The van der Waals surface area contributed by atoms with Gasteiger partial charge in [0.2, 0.25) is 5.91 Å². The van der Waals surface area contributed by atoms with Crippen molar-refractivity contribution in [2.45, 2.75) is 25.4 Å². The molecule has 1 aliphatic carbocycles. The number of nitrogens with zero attached hydrogens (tertiary/aromatic N) is 1. The van der Waals surface area contributed by atoms with Crippen LogP contribution in [0.5, 0.6) is 0 Å². The fourth-order valence-corrected chi connectivity index (χ4v) is 1.97. The van der Waals surface area contributed by atoms with Gasteiger partial charge in [0.15, 0.2) is 0 Å². The average molecular weight is 265 g/mol. The predicted molar refractivity (Wildman–Crippen MR) is 73.6 cm³/mol. The van der Waals surface area contributed by atoms with Gasteiger partial charge in [-0.1, -0.05) is 0 Å².